The Morgan fingerprint density at radius 2 is 1.91 bits per heavy atom. The number of hydrogen-bond donors (Lipinski definition) is 1. The summed E-state index contributed by atoms with van der Waals surface area (Å²) in [5, 5.41) is 12.1. The zero-order valence-corrected chi connectivity index (χ0v) is 20.0. The summed E-state index contributed by atoms with van der Waals surface area (Å²) in [6.07, 6.45) is 3.90. The molecule has 4 rings (SSSR count). The number of carbonyl (C=O) groups excluding carboxylic acids is 2. The number of furan rings is 1. The molecule has 0 saturated carbocycles. The fraction of sp³-hybridized carbons (Fsp3) is 0.417. The summed E-state index contributed by atoms with van der Waals surface area (Å²) in [5.41, 5.74) is 1.26. The third-order valence-electron chi connectivity index (χ3n) is 5.87. The van der Waals surface area contributed by atoms with Gasteiger partial charge in [-0.3, -0.25) is 14.2 Å². The Hall–Kier alpha value is -3.07. The van der Waals surface area contributed by atoms with Crippen molar-refractivity contribution in [1.29, 1.82) is 0 Å². The summed E-state index contributed by atoms with van der Waals surface area (Å²) in [7, 11) is 0. The predicted molar refractivity (Wildman–Crippen MR) is 129 cm³/mol. The van der Waals surface area contributed by atoms with Gasteiger partial charge in [-0.25, -0.2) is 0 Å². The first-order valence-electron chi connectivity index (χ1n) is 11.2. The number of nitrogens with one attached hydrogen (secondary N) is 1. The lowest BCUT2D eigenvalue weighted by Gasteiger charge is -2.31. The van der Waals surface area contributed by atoms with Crippen LogP contribution in [0.4, 0.5) is 11.6 Å². The van der Waals surface area contributed by atoms with Gasteiger partial charge in [-0.05, 0) is 69.0 Å². The second kappa shape index (κ2) is 10.2. The number of carbonyl (C=O) groups is 2. The lowest BCUT2D eigenvalue weighted by Crippen LogP contribution is -2.35. The van der Waals surface area contributed by atoms with Gasteiger partial charge < -0.3 is 14.6 Å². The molecule has 8 nitrogen and oxygen atoms in total. The van der Waals surface area contributed by atoms with Gasteiger partial charge in [-0.2, -0.15) is 0 Å². The van der Waals surface area contributed by atoms with E-state index >= 15 is 0 Å². The van der Waals surface area contributed by atoms with Gasteiger partial charge in [0.2, 0.25) is 11.9 Å². The molecule has 1 saturated heterocycles. The highest BCUT2D eigenvalue weighted by molar-refractivity contribution is 8.00. The van der Waals surface area contributed by atoms with Crippen LogP contribution in [-0.4, -0.2) is 44.8 Å². The number of anilines is 2. The summed E-state index contributed by atoms with van der Waals surface area (Å²) in [6.45, 7) is 8.02. The average molecular weight is 468 g/mol. The van der Waals surface area contributed by atoms with Crippen LogP contribution in [0.5, 0.6) is 0 Å². The van der Waals surface area contributed by atoms with Gasteiger partial charge >= 0.3 is 0 Å². The highest BCUT2D eigenvalue weighted by Gasteiger charge is 2.25. The molecule has 9 heteroatoms. The lowest BCUT2D eigenvalue weighted by atomic mass is 10.00. The number of amides is 1. The molecule has 0 radical (unpaired) electrons. The van der Waals surface area contributed by atoms with Crippen molar-refractivity contribution >= 4 is 35.1 Å². The van der Waals surface area contributed by atoms with E-state index in [1.165, 1.54) is 18.7 Å². The first-order chi connectivity index (χ1) is 15.9. The maximum atomic E-state index is 12.8. The molecule has 3 heterocycles. The maximum Gasteiger partial charge on any atom is 0.237 e. The van der Waals surface area contributed by atoms with Crippen LogP contribution in [0, 0.1) is 5.92 Å². The first kappa shape index (κ1) is 23.1. The predicted octanol–water partition coefficient (Wildman–Crippen LogP) is 4.48. The molecule has 1 aromatic carbocycles. The van der Waals surface area contributed by atoms with Crippen LogP contribution in [0.3, 0.4) is 0 Å². The second-order valence-corrected chi connectivity index (χ2v) is 9.81. The zero-order valence-electron chi connectivity index (χ0n) is 19.2. The number of nitrogens with zero attached hydrogens (tertiary/aromatic N) is 4. The highest BCUT2D eigenvalue weighted by atomic mass is 32.2. The molecule has 3 aromatic rings. The van der Waals surface area contributed by atoms with E-state index in [4.69, 9.17) is 4.42 Å². The molecule has 1 unspecified atom stereocenters. The van der Waals surface area contributed by atoms with E-state index in [9.17, 15) is 9.59 Å². The van der Waals surface area contributed by atoms with E-state index in [2.05, 4.69) is 27.3 Å². The molecule has 1 fully saturated rings. The molecule has 0 aliphatic carbocycles. The summed E-state index contributed by atoms with van der Waals surface area (Å²) in [4.78, 5) is 26.5. The molecule has 1 amide bonds. The number of hydrogen-bond acceptors (Lipinski definition) is 7. The summed E-state index contributed by atoms with van der Waals surface area (Å²) in [6, 6.07) is 10.7. The van der Waals surface area contributed by atoms with Crippen LogP contribution < -0.4 is 10.2 Å². The highest BCUT2D eigenvalue weighted by Crippen LogP contribution is 2.29. The molecule has 2 aromatic heterocycles. The standard InChI is InChI=1S/C24H29N5O3S/c1-16-10-12-28(13-11-16)23-26-27-24(29(23)15-21-5-4-14-32-21)33-18(3)22(31)25-20-8-6-19(7-9-20)17(2)30/h4-9,14,16,18H,10-13,15H2,1-3H3,(H,25,31). The number of Topliss-reactive ketones (excluding diaryl/α,β-unsaturated/α-hetero) is 1. The topological polar surface area (TPSA) is 93.3 Å². The van der Waals surface area contributed by atoms with Crippen molar-refractivity contribution in [2.24, 2.45) is 5.92 Å². The van der Waals surface area contributed by atoms with Gasteiger partial charge in [-0.1, -0.05) is 18.7 Å². The smallest absolute Gasteiger partial charge is 0.237 e. The quantitative estimate of drug-likeness (QED) is 0.386. The van der Waals surface area contributed by atoms with Crippen molar-refractivity contribution in [3.05, 3.63) is 54.0 Å². The van der Waals surface area contributed by atoms with E-state index in [0.29, 0.717) is 28.9 Å². The average Bonchev–Trinajstić information content (AvgIpc) is 3.45. The van der Waals surface area contributed by atoms with Gasteiger partial charge in [0.15, 0.2) is 10.9 Å². The molecular formula is C24H29N5O3S. The molecule has 33 heavy (non-hydrogen) atoms. The van der Waals surface area contributed by atoms with Gasteiger partial charge in [0.1, 0.15) is 5.76 Å². The summed E-state index contributed by atoms with van der Waals surface area (Å²) >= 11 is 1.37. The third-order valence-corrected chi connectivity index (χ3v) is 6.95. The Labute approximate surface area is 197 Å². The maximum absolute atomic E-state index is 12.8. The summed E-state index contributed by atoms with van der Waals surface area (Å²) < 4.78 is 7.60. The Balaban J connectivity index is 1.48. The monoisotopic (exact) mass is 467 g/mol. The van der Waals surface area contributed by atoms with Crippen molar-refractivity contribution in [3.63, 3.8) is 0 Å². The Morgan fingerprint density at radius 1 is 1.18 bits per heavy atom. The lowest BCUT2D eigenvalue weighted by molar-refractivity contribution is -0.115. The van der Waals surface area contributed by atoms with E-state index in [-0.39, 0.29) is 11.7 Å². The van der Waals surface area contributed by atoms with Crippen molar-refractivity contribution in [1.82, 2.24) is 14.8 Å². The Morgan fingerprint density at radius 3 is 2.55 bits per heavy atom. The van der Waals surface area contributed by atoms with Gasteiger partial charge in [0.25, 0.3) is 0 Å². The third kappa shape index (κ3) is 5.65. The molecular weight excluding hydrogens is 438 g/mol. The zero-order chi connectivity index (χ0) is 23.4. The van der Waals surface area contributed by atoms with Crippen LogP contribution in [0.1, 0.15) is 49.7 Å². The van der Waals surface area contributed by atoms with Gasteiger partial charge in [-0.15, -0.1) is 10.2 Å². The van der Waals surface area contributed by atoms with Crippen LogP contribution in [0.2, 0.25) is 0 Å². The largest absolute Gasteiger partial charge is 0.467 e. The van der Waals surface area contributed by atoms with Crippen LogP contribution >= 0.6 is 11.8 Å². The minimum atomic E-state index is -0.397. The SMILES string of the molecule is CC(=O)c1ccc(NC(=O)C(C)Sc2nnc(N3CCC(C)CC3)n2Cc2ccco2)cc1. The van der Waals surface area contributed by atoms with E-state index in [0.717, 1.165) is 37.6 Å². The molecule has 1 atom stereocenters. The van der Waals surface area contributed by atoms with Gasteiger partial charge in [0.05, 0.1) is 18.1 Å². The molecule has 1 N–H and O–H groups in total. The van der Waals surface area contributed by atoms with Crippen molar-refractivity contribution in [2.45, 2.75) is 50.6 Å². The minimum absolute atomic E-state index is 0.00772. The number of ketones is 1. The van der Waals surface area contributed by atoms with Crippen LogP contribution in [0.25, 0.3) is 0 Å². The first-order valence-corrected chi connectivity index (χ1v) is 12.1. The number of thioether (sulfide) groups is 1. The van der Waals surface area contributed by atoms with E-state index in [1.54, 1.807) is 30.5 Å². The molecule has 0 spiro atoms. The van der Waals surface area contributed by atoms with Crippen molar-refractivity contribution in [2.75, 3.05) is 23.3 Å². The Kier molecular flexibility index (Phi) is 7.17. The number of benzene rings is 1. The number of aromatic nitrogens is 3. The fourth-order valence-electron chi connectivity index (χ4n) is 3.75. The normalized spacial score (nSPS) is 15.4. The fourth-order valence-corrected chi connectivity index (χ4v) is 4.59. The van der Waals surface area contributed by atoms with E-state index < -0.39 is 5.25 Å². The van der Waals surface area contributed by atoms with Crippen molar-refractivity contribution in [3.8, 4) is 0 Å². The Bertz CT molecular complexity index is 1090. The second-order valence-electron chi connectivity index (χ2n) is 8.50. The molecule has 174 valence electrons. The molecule has 0 bridgehead atoms. The van der Waals surface area contributed by atoms with E-state index in [1.807, 2.05) is 23.6 Å². The minimum Gasteiger partial charge on any atom is -0.467 e. The van der Waals surface area contributed by atoms with Crippen LogP contribution in [-0.2, 0) is 11.3 Å². The molecule has 1 aliphatic heterocycles. The van der Waals surface area contributed by atoms with Crippen molar-refractivity contribution < 1.29 is 14.0 Å². The van der Waals surface area contributed by atoms with Crippen LogP contribution in [0.15, 0.2) is 52.2 Å². The summed E-state index contributed by atoms with van der Waals surface area (Å²) in [5.74, 6) is 2.19. The molecule has 1 aliphatic rings. The number of piperidine rings is 1. The number of rotatable bonds is 8. The van der Waals surface area contributed by atoms with Gasteiger partial charge in [0, 0.05) is 24.3 Å².